The number of aryl methyl sites for hydroxylation is 1. The van der Waals surface area contributed by atoms with Crippen molar-refractivity contribution in [2.24, 2.45) is 5.73 Å². The van der Waals surface area contributed by atoms with Gasteiger partial charge in [0, 0.05) is 37.0 Å². The van der Waals surface area contributed by atoms with Crippen LogP contribution in [-0.2, 0) is 22.6 Å². The number of likely N-dealkylation sites (tertiary alicyclic amines) is 1. The Labute approximate surface area is 276 Å². The molecule has 3 aromatic rings. The van der Waals surface area contributed by atoms with E-state index in [2.05, 4.69) is 26.3 Å². The number of rotatable bonds is 18. The molecule has 7 N–H and O–H groups in total. The van der Waals surface area contributed by atoms with Gasteiger partial charge in [-0.1, -0.05) is 31.4 Å². The van der Waals surface area contributed by atoms with E-state index in [4.69, 9.17) is 25.2 Å². The summed E-state index contributed by atoms with van der Waals surface area (Å²) in [4.78, 5) is 39.4. The van der Waals surface area contributed by atoms with Crippen molar-refractivity contribution < 1.29 is 19.1 Å². The third kappa shape index (κ3) is 10.9. The number of nitrogens with zero attached hydrogens (tertiary/aromatic N) is 4. The van der Waals surface area contributed by atoms with Crippen molar-refractivity contribution in [2.75, 3.05) is 43.4 Å². The molecule has 47 heavy (non-hydrogen) atoms. The monoisotopic (exact) mass is 649 g/mol. The number of fused-ring (bicyclic) bond motifs is 1. The molecule has 2 aliphatic rings. The number of carboxylic acids is 1. The highest BCUT2D eigenvalue weighted by Gasteiger charge is 2.25. The van der Waals surface area contributed by atoms with Crippen molar-refractivity contribution in [2.45, 2.75) is 102 Å². The van der Waals surface area contributed by atoms with Gasteiger partial charge in [0.15, 0.2) is 0 Å². The minimum absolute atomic E-state index is 0.0570. The van der Waals surface area contributed by atoms with Gasteiger partial charge in [-0.3, -0.25) is 9.59 Å². The number of hydrogen-bond acceptors (Lipinski definition) is 11. The molecule has 1 aliphatic heterocycles. The lowest BCUT2D eigenvalue weighted by molar-refractivity contribution is -0.139. The SMILES string of the molecule is N[C@@H](CCC(=O)N1CCC(Nc2nc(NCc3nc(CCCNCCCNC4CCCCC4)co3)nc3ccccc23)CC1)C(=O)O. The second kappa shape index (κ2) is 17.9. The smallest absolute Gasteiger partial charge is 0.320 e. The first-order valence-electron chi connectivity index (χ1n) is 17.4. The fourth-order valence-electron chi connectivity index (χ4n) is 6.34. The maximum atomic E-state index is 12.6. The van der Waals surface area contributed by atoms with E-state index < -0.39 is 12.0 Å². The van der Waals surface area contributed by atoms with Crippen LogP contribution in [0.25, 0.3) is 10.9 Å². The molecule has 0 radical (unpaired) electrons. The van der Waals surface area contributed by atoms with Crippen molar-refractivity contribution in [1.82, 2.24) is 30.5 Å². The van der Waals surface area contributed by atoms with Crippen LogP contribution in [0, 0.1) is 0 Å². The van der Waals surface area contributed by atoms with Crippen LogP contribution in [0.2, 0.25) is 0 Å². The van der Waals surface area contributed by atoms with Crippen molar-refractivity contribution in [3.63, 3.8) is 0 Å². The standard InChI is InChI=1S/C34H51N9O4/c35-28(33(45)46)13-14-31(44)43-20-15-25(16-21-43)40-32-27-11-4-5-12-29(27)41-34(42-32)38-22-30-39-26(23-47-30)10-6-17-36-18-7-19-37-24-8-2-1-3-9-24/h4-5,11-12,23-25,28,36-37H,1-3,6-10,13-22,35H2,(H,45,46)(H2,38,40,41,42)/t28-/m0/s1. The lowest BCUT2D eigenvalue weighted by Gasteiger charge is -2.33. The van der Waals surface area contributed by atoms with Crippen molar-refractivity contribution >= 4 is 34.5 Å². The van der Waals surface area contributed by atoms with Gasteiger partial charge >= 0.3 is 5.97 Å². The minimum Gasteiger partial charge on any atom is -0.480 e. The van der Waals surface area contributed by atoms with Crippen LogP contribution in [-0.4, -0.2) is 87.7 Å². The fourth-order valence-corrected chi connectivity index (χ4v) is 6.34. The zero-order chi connectivity index (χ0) is 32.8. The largest absolute Gasteiger partial charge is 0.480 e. The minimum atomic E-state index is -1.08. The number of benzene rings is 1. The van der Waals surface area contributed by atoms with Crippen molar-refractivity contribution in [1.29, 1.82) is 0 Å². The molecule has 0 unspecified atom stereocenters. The lowest BCUT2D eigenvalue weighted by Crippen LogP contribution is -2.43. The van der Waals surface area contributed by atoms with E-state index in [9.17, 15) is 9.59 Å². The highest BCUT2D eigenvalue weighted by molar-refractivity contribution is 5.90. The predicted molar refractivity (Wildman–Crippen MR) is 182 cm³/mol. The number of carbonyl (C=O) groups excluding carboxylic acids is 1. The first-order valence-corrected chi connectivity index (χ1v) is 17.4. The first kappa shape index (κ1) is 34.5. The Kier molecular flexibility index (Phi) is 13.2. The molecular weight excluding hydrogens is 598 g/mol. The molecule has 256 valence electrons. The van der Waals surface area contributed by atoms with Crippen LogP contribution in [0.15, 0.2) is 34.9 Å². The normalized spacial score (nSPS) is 16.7. The van der Waals surface area contributed by atoms with Gasteiger partial charge in [-0.05, 0) is 83.1 Å². The van der Waals surface area contributed by atoms with Crippen molar-refractivity contribution in [3.8, 4) is 0 Å². The molecule has 5 rings (SSSR count). The van der Waals surface area contributed by atoms with E-state index in [1.807, 2.05) is 24.3 Å². The van der Waals surface area contributed by atoms with Crippen LogP contribution in [0.1, 0.15) is 82.2 Å². The molecule has 13 heteroatoms. The van der Waals surface area contributed by atoms with Crippen LogP contribution in [0.5, 0.6) is 0 Å². The summed E-state index contributed by atoms with van der Waals surface area (Å²) >= 11 is 0. The van der Waals surface area contributed by atoms with E-state index in [0.29, 0.717) is 31.5 Å². The number of piperidine rings is 1. The Morgan fingerprint density at radius 1 is 0.979 bits per heavy atom. The summed E-state index contributed by atoms with van der Waals surface area (Å²) in [6.07, 6.45) is 13.3. The van der Waals surface area contributed by atoms with E-state index >= 15 is 0 Å². The molecule has 1 saturated carbocycles. The Bertz CT molecular complexity index is 1420. The van der Waals surface area contributed by atoms with E-state index in [1.54, 1.807) is 11.2 Å². The van der Waals surface area contributed by atoms with Crippen LogP contribution in [0.4, 0.5) is 11.8 Å². The quantitative estimate of drug-likeness (QED) is 0.110. The Hall–Kier alpha value is -3.81. The first-order chi connectivity index (χ1) is 22.9. The van der Waals surface area contributed by atoms with Gasteiger partial charge in [0.25, 0.3) is 0 Å². The molecule has 0 spiro atoms. The van der Waals surface area contributed by atoms with Crippen LogP contribution in [0.3, 0.4) is 0 Å². The van der Waals surface area contributed by atoms with Crippen LogP contribution >= 0.6 is 0 Å². The number of aliphatic carboxylic acids is 1. The molecule has 13 nitrogen and oxygen atoms in total. The van der Waals surface area contributed by atoms with Gasteiger partial charge < -0.3 is 41.4 Å². The number of nitrogens with two attached hydrogens (primary N) is 1. The highest BCUT2D eigenvalue weighted by Crippen LogP contribution is 2.25. The Morgan fingerprint density at radius 2 is 1.77 bits per heavy atom. The maximum absolute atomic E-state index is 12.6. The molecular formula is C34H51N9O4. The molecule has 1 saturated heterocycles. The number of carbonyl (C=O) groups is 2. The average Bonchev–Trinajstić information content (AvgIpc) is 3.55. The molecule has 0 bridgehead atoms. The summed E-state index contributed by atoms with van der Waals surface area (Å²) in [5.74, 6) is 0.669. The third-order valence-electron chi connectivity index (χ3n) is 9.13. The summed E-state index contributed by atoms with van der Waals surface area (Å²) in [5, 5.41) is 24.0. The van der Waals surface area contributed by atoms with Gasteiger partial charge in [0.05, 0.1) is 17.8 Å². The second-order valence-corrected chi connectivity index (χ2v) is 12.8. The van der Waals surface area contributed by atoms with Gasteiger partial charge in [-0.25, -0.2) is 9.97 Å². The van der Waals surface area contributed by atoms with E-state index in [1.165, 1.54) is 32.1 Å². The second-order valence-electron chi connectivity index (χ2n) is 12.8. The fraction of sp³-hybridized carbons (Fsp3) is 0.618. The molecule has 1 amide bonds. The number of para-hydroxylation sites is 1. The molecule has 3 heterocycles. The summed E-state index contributed by atoms with van der Waals surface area (Å²) in [6.45, 7) is 4.63. The number of anilines is 2. The topological polar surface area (TPSA) is 184 Å². The van der Waals surface area contributed by atoms with Crippen LogP contribution < -0.4 is 27.0 Å². The number of carboxylic acid groups (broad SMARTS) is 1. The summed E-state index contributed by atoms with van der Waals surface area (Å²) < 4.78 is 5.72. The number of hydrogen-bond donors (Lipinski definition) is 6. The number of aromatic nitrogens is 3. The van der Waals surface area contributed by atoms with Gasteiger partial charge in [-0.2, -0.15) is 4.98 Å². The molecule has 1 aromatic carbocycles. The van der Waals surface area contributed by atoms with E-state index in [-0.39, 0.29) is 24.8 Å². The van der Waals surface area contributed by atoms with Gasteiger partial charge in [-0.15, -0.1) is 0 Å². The Morgan fingerprint density at radius 3 is 2.57 bits per heavy atom. The third-order valence-corrected chi connectivity index (χ3v) is 9.13. The number of oxazole rings is 1. The molecule has 2 aromatic heterocycles. The number of nitrogens with one attached hydrogen (secondary N) is 4. The van der Waals surface area contributed by atoms with Crippen molar-refractivity contribution in [3.05, 3.63) is 42.1 Å². The maximum Gasteiger partial charge on any atom is 0.320 e. The highest BCUT2D eigenvalue weighted by atomic mass is 16.4. The van der Waals surface area contributed by atoms with Gasteiger partial charge in [0.2, 0.25) is 17.7 Å². The molecule has 2 fully saturated rings. The molecule has 1 aliphatic carbocycles. The Balaban J connectivity index is 1.03. The lowest BCUT2D eigenvalue weighted by atomic mass is 9.95. The predicted octanol–water partition coefficient (Wildman–Crippen LogP) is 3.66. The zero-order valence-corrected chi connectivity index (χ0v) is 27.4. The van der Waals surface area contributed by atoms with Gasteiger partial charge in [0.1, 0.15) is 18.1 Å². The zero-order valence-electron chi connectivity index (χ0n) is 27.4. The molecule has 1 atom stereocenters. The van der Waals surface area contributed by atoms with E-state index in [0.717, 1.165) is 80.2 Å². The summed E-state index contributed by atoms with van der Waals surface area (Å²) in [7, 11) is 0. The number of amides is 1. The average molecular weight is 650 g/mol. The summed E-state index contributed by atoms with van der Waals surface area (Å²) in [5.41, 5.74) is 7.32. The summed E-state index contributed by atoms with van der Waals surface area (Å²) in [6, 6.07) is 7.72.